The van der Waals surface area contributed by atoms with Gasteiger partial charge in [-0.25, -0.2) is 4.85 Å². The second-order valence-corrected chi connectivity index (χ2v) is 5.43. The third-order valence-corrected chi connectivity index (χ3v) is 4.03. The number of nitrogens with zero attached hydrogens (tertiary/aromatic N) is 1. The van der Waals surface area contributed by atoms with E-state index in [4.69, 9.17) is 12.3 Å². The quantitative estimate of drug-likeness (QED) is 0.592. The normalized spacial score (nSPS) is 16.9. The van der Waals surface area contributed by atoms with Crippen molar-refractivity contribution in [1.29, 1.82) is 0 Å². The summed E-state index contributed by atoms with van der Waals surface area (Å²) in [5.74, 6) is 0. The maximum atomic E-state index is 9.49. The highest BCUT2D eigenvalue weighted by atomic mass is 79.9. The molecule has 0 heterocycles. The summed E-state index contributed by atoms with van der Waals surface area (Å²) in [4.78, 5) is 3.41. The van der Waals surface area contributed by atoms with Crippen molar-refractivity contribution in [3.63, 3.8) is 0 Å². The monoisotopic (exact) mass is 309 g/mol. The van der Waals surface area contributed by atoms with Gasteiger partial charge < -0.3 is 16.2 Å². The van der Waals surface area contributed by atoms with Gasteiger partial charge in [-0.1, -0.05) is 22.4 Å². The molecule has 18 heavy (non-hydrogen) atoms. The molecule has 0 spiro atoms. The Balaban J connectivity index is 2.24. The summed E-state index contributed by atoms with van der Waals surface area (Å²) in [6.07, 6.45) is 3.55. The number of aliphatic hydroxyl groups excluding tert-OH is 1. The van der Waals surface area contributed by atoms with Crippen LogP contribution in [0.2, 0.25) is 0 Å². The van der Waals surface area contributed by atoms with Gasteiger partial charge in [-0.15, -0.1) is 0 Å². The fourth-order valence-corrected chi connectivity index (χ4v) is 2.50. The van der Waals surface area contributed by atoms with Gasteiger partial charge in [0, 0.05) is 10.5 Å². The molecule has 0 radical (unpaired) electrons. The largest absolute Gasteiger partial charge is 0.406 e. The van der Waals surface area contributed by atoms with Crippen LogP contribution in [0.4, 0.5) is 11.4 Å². The number of hydrogen-bond donors (Lipinski definition) is 3. The van der Waals surface area contributed by atoms with Crippen molar-refractivity contribution in [2.45, 2.75) is 31.3 Å². The number of rotatable bonds is 4. The van der Waals surface area contributed by atoms with E-state index in [9.17, 15) is 5.11 Å². The van der Waals surface area contributed by atoms with E-state index in [1.807, 2.05) is 6.07 Å². The zero-order valence-corrected chi connectivity index (χ0v) is 11.6. The first kappa shape index (κ1) is 13.3. The molecular weight excluding hydrogens is 294 g/mol. The van der Waals surface area contributed by atoms with E-state index in [1.165, 1.54) is 6.42 Å². The SMILES string of the molecule is [C-]#[N+]c1cc(C(CO)NC2CCC2)cc(Br)c1N. The second-order valence-electron chi connectivity index (χ2n) is 4.58. The van der Waals surface area contributed by atoms with Crippen LogP contribution >= 0.6 is 15.9 Å². The molecule has 1 aromatic rings. The van der Waals surface area contributed by atoms with Crippen LogP contribution in [-0.2, 0) is 0 Å². The average Bonchev–Trinajstić information content (AvgIpc) is 2.31. The number of hydrogen-bond acceptors (Lipinski definition) is 3. The first-order chi connectivity index (χ1) is 8.65. The molecule has 1 aliphatic rings. The highest BCUT2D eigenvalue weighted by molar-refractivity contribution is 9.10. The van der Waals surface area contributed by atoms with E-state index in [-0.39, 0.29) is 12.6 Å². The van der Waals surface area contributed by atoms with E-state index in [0.717, 1.165) is 18.4 Å². The molecule has 5 heteroatoms. The Morgan fingerprint density at radius 1 is 1.56 bits per heavy atom. The molecule has 1 aromatic carbocycles. The standard InChI is InChI=1S/C13H16BrN3O/c1-16-11-6-8(5-10(14)13(11)15)12(7-18)17-9-3-2-4-9/h5-6,9,12,17-18H,2-4,7,15H2. The van der Waals surface area contributed by atoms with Gasteiger partial charge in [0.1, 0.15) is 0 Å². The number of anilines is 1. The summed E-state index contributed by atoms with van der Waals surface area (Å²) in [6.45, 7) is 7.12. The van der Waals surface area contributed by atoms with Crippen molar-refractivity contribution in [1.82, 2.24) is 5.32 Å². The Morgan fingerprint density at radius 2 is 2.28 bits per heavy atom. The van der Waals surface area contributed by atoms with E-state index >= 15 is 0 Å². The van der Waals surface area contributed by atoms with Crippen molar-refractivity contribution in [2.75, 3.05) is 12.3 Å². The van der Waals surface area contributed by atoms with Gasteiger partial charge in [0.15, 0.2) is 0 Å². The fourth-order valence-electron chi connectivity index (χ4n) is 2.03. The van der Waals surface area contributed by atoms with Crippen LogP contribution < -0.4 is 11.1 Å². The molecule has 2 rings (SSSR count). The van der Waals surface area contributed by atoms with Crippen molar-refractivity contribution < 1.29 is 5.11 Å². The van der Waals surface area contributed by atoms with Gasteiger partial charge in [-0.2, -0.15) is 0 Å². The maximum absolute atomic E-state index is 9.49. The molecule has 0 bridgehead atoms. The highest BCUT2D eigenvalue weighted by Gasteiger charge is 2.22. The topological polar surface area (TPSA) is 62.6 Å². The molecule has 4 nitrogen and oxygen atoms in total. The van der Waals surface area contributed by atoms with Crippen molar-refractivity contribution in [3.8, 4) is 0 Å². The lowest BCUT2D eigenvalue weighted by atomic mass is 9.91. The average molecular weight is 310 g/mol. The van der Waals surface area contributed by atoms with Gasteiger partial charge in [0.25, 0.3) is 0 Å². The molecule has 0 aliphatic heterocycles. The molecule has 0 amide bonds. The lowest BCUT2D eigenvalue weighted by molar-refractivity contribution is 0.209. The van der Waals surface area contributed by atoms with E-state index < -0.39 is 0 Å². The number of halogens is 1. The minimum absolute atomic E-state index is 0.0182. The van der Waals surface area contributed by atoms with Crippen LogP contribution in [0.25, 0.3) is 4.85 Å². The first-order valence-corrected chi connectivity index (χ1v) is 6.78. The van der Waals surface area contributed by atoms with E-state index in [0.29, 0.717) is 21.9 Å². The zero-order valence-electron chi connectivity index (χ0n) is 9.99. The molecule has 1 aliphatic carbocycles. The summed E-state index contributed by atoms with van der Waals surface area (Å²) in [5, 5.41) is 12.9. The van der Waals surface area contributed by atoms with E-state index in [2.05, 4.69) is 26.1 Å². The number of benzene rings is 1. The minimum atomic E-state index is -0.132. The third-order valence-electron chi connectivity index (χ3n) is 3.38. The summed E-state index contributed by atoms with van der Waals surface area (Å²) >= 11 is 3.35. The van der Waals surface area contributed by atoms with Crippen molar-refractivity contribution >= 4 is 27.3 Å². The molecule has 1 unspecified atom stereocenters. The van der Waals surface area contributed by atoms with Gasteiger partial charge in [0.2, 0.25) is 5.69 Å². The molecule has 1 atom stereocenters. The van der Waals surface area contributed by atoms with Crippen LogP contribution in [0.5, 0.6) is 0 Å². The first-order valence-electron chi connectivity index (χ1n) is 5.99. The van der Waals surface area contributed by atoms with Crippen LogP contribution in [0.3, 0.4) is 0 Å². The lowest BCUT2D eigenvalue weighted by Gasteiger charge is -2.31. The lowest BCUT2D eigenvalue weighted by Crippen LogP contribution is -2.39. The summed E-state index contributed by atoms with van der Waals surface area (Å²) < 4.78 is 0.708. The number of nitrogens with two attached hydrogens (primary N) is 1. The molecule has 4 N–H and O–H groups in total. The maximum Gasteiger partial charge on any atom is 0.210 e. The Labute approximate surface area is 115 Å². The van der Waals surface area contributed by atoms with Crippen LogP contribution in [-0.4, -0.2) is 17.8 Å². The van der Waals surface area contributed by atoms with Crippen molar-refractivity contribution in [2.24, 2.45) is 0 Å². The minimum Gasteiger partial charge on any atom is -0.406 e. The smallest absolute Gasteiger partial charge is 0.210 e. The number of nitrogen functional groups attached to an aromatic ring is 1. The highest BCUT2D eigenvalue weighted by Crippen LogP contribution is 2.34. The Morgan fingerprint density at radius 3 is 2.78 bits per heavy atom. The van der Waals surface area contributed by atoms with Gasteiger partial charge in [-0.05, 0) is 30.5 Å². The fraction of sp³-hybridized carbons (Fsp3) is 0.462. The number of nitrogens with one attached hydrogen (secondary N) is 1. The zero-order chi connectivity index (χ0) is 13.1. The van der Waals surface area contributed by atoms with Crippen LogP contribution in [0.1, 0.15) is 30.9 Å². The van der Waals surface area contributed by atoms with Crippen LogP contribution in [0, 0.1) is 6.57 Å². The van der Waals surface area contributed by atoms with Gasteiger partial charge >= 0.3 is 0 Å². The third kappa shape index (κ3) is 2.66. The summed E-state index contributed by atoms with van der Waals surface area (Å²) in [5.41, 5.74) is 7.58. The summed E-state index contributed by atoms with van der Waals surface area (Å²) in [7, 11) is 0. The Hall–Kier alpha value is -1.09. The van der Waals surface area contributed by atoms with Gasteiger partial charge in [0.05, 0.1) is 24.9 Å². The molecular formula is C13H16BrN3O. The molecule has 1 fully saturated rings. The molecule has 0 aromatic heterocycles. The molecule has 0 saturated heterocycles. The van der Waals surface area contributed by atoms with Gasteiger partial charge in [-0.3, -0.25) is 0 Å². The Kier molecular flexibility index (Phi) is 4.23. The predicted molar refractivity (Wildman–Crippen MR) is 75.4 cm³/mol. The molecule has 1 saturated carbocycles. The summed E-state index contributed by atoms with van der Waals surface area (Å²) in [6, 6.07) is 3.97. The second kappa shape index (κ2) is 5.70. The van der Waals surface area contributed by atoms with E-state index in [1.54, 1.807) is 6.07 Å². The molecule has 96 valence electrons. The number of aliphatic hydroxyl groups is 1. The Bertz CT molecular complexity index is 480. The predicted octanol–water partition coefficient (Wildman–Crippen LogP) is 2.76. The van der Waals surface area contributed by atoms with Crippen molar-refractivity contribution in [3.05, 3.63) is 33.6 Å². The van der Waals surface area contributed by atoms with Crippen LogP contribution in [0.15, 0.2) is 16.6 Å².